The summed E-state index contributed by atoms with van der Waals surface area (Å²) < 4.78 is 25.4. The van der Waals surface area contributed by atoms with E-state index in [1.54, 1.807) is 41.8 Å². The van der Waals surface area contributed by atoms with Gasteiger partial charge in [0.2, 0.25) is 10.0 Å². The fourth-order valence-electron chi connectivity index (χ4n) is 2.42. The zero-order valence-electron chi connectivity index (χ0n) is 16.5. The summed E-state index contributed by atoms with van der Waals surface area (Å²) in [4.78, 5) is 11.0. The second-order valence-corrected chi connectivity index (χ2v) is 10.7. The van der Waals surface area contributed by atoms with Crippen LogP contribution in [-0.2, 0) is 15.4 Å². The molecular weight excluding hydrogens is 394 g/mol. The molecule has 0 saturated carbocycles. The third kappa shape index (κ3) is 4.21. The van der Waals surface area contributed by atoms with Gasteiger partial charge in [-0.25, -0.2) is 22.7 Å². The molecule has 1 aromatic carbocycles. The van der Waals surface area contributed by atoms with Gasteiger partial charge in [0.1, 0.15) is 11.2 Å². The molecule has 3 aromatic rings. The van der Waals surface area contributed by atoms with Gasteiger partial charge in [0, 0.05) is 19.0 Å². The van der Waals surface area contributed by atoms with Crippen LogP contribution in [0.25, 0.3) is 10.2 Å². The van der Waals surface area contributed by atoms with E-state index in [0.29, 0.717) is 5.82 Å². The Morgan fingerprint density at radius 2 is 1.82 bits per heavy atom. The van der Waals surface area contributed by atoms with E-state index in [2.05, 4.69) is 47.3 Å². The Labute approximate surface area is 169 Å². The first kappa shape index (κ1) is 20.4. The molecule has 2 aromatic heterocycles. The van der Waals surface area contributed by atoms with E-state index >= 15 is 0 Å². The Morgan fingerprint density at radius 3 is 2.43 bits per heavy atom. The monoisotopic (exact) mass is 417 g/mol. The lowest BCUT2D eigenvalue weighted by molar-refractivity contribution is 0.521. The Kier molecular flexibility index (Phi) is 5.51. The Balaban J connectivity index is 1.79. The van der Waals surface area contributed by atoms with Gasteiger partial charge in [0.25, 0.3) is 0 Å². The average molecular weight is 418 g/mol. The number of aromatic nitrogens is 2. The number of hydrogen-bond donors (Lipinski definition) is 1. The predicted octanol–water partition coefficient (Wildman–Crippen LogP) is 3.69. The van der Waals surface area contributed by atoms with Gasteiger partial charge in [-0.05, 0) is 29.2 Å². The highest BCUT2D eigenvalue weighted by atomic mass is 32.2. The highest BCUT2D eigenvalue weighted by Crippen LogP contribution is 2.35. The fourth-order valence-corrected chi connectivity index (χ4v) is 4.38. The van der Waals surface area contributed by atoms with Crippen LogP contribution in [-0.4, -0.2) is 43.0 Å². The summed E-state index contributed by atoms with van der Waals surface area (Å²) in [6.45, 7) is 6.49. The van der Waals surface area contributed by atoms with Crippen molar-refractivity contribution in [1.82, 2.24) is 14.3 Å². The SMILES string of the molecule is CN(C)S(=O)(=O)c1ccc(/C=N/Nc2ncnc3sc(C(C)(C)C)cc23)cc1. The Bertz CT molecular complexity index is 1110. The lowest BCUT2D eigenvalue weighted by Gasteiger charge is -2.14. The molecule has 9 heteroatoms. The lowest BCUT2D eigenvalue weighted by atomic mass is 9.94. The fraction of sp³-hybridized carbons (Fsp3) is 0.316. The summed E-state index contributed by atoms with van der Waals surface area (Å²) in [7, 11) is -0.421. The van der Waals surface area contributed by atoms with Crippen LogP contribution in [0, 0.1) is 0 Å². The minimum absolute atomic E-state index is 0.0422. The van der Waals surface area contributed by atoms with E-state index < -0.39 is 10.0 Å². The summed E-state index contributed by atoms with van der Waals surface area (Å²) in [5.74, 6) is 0.639. The number of rotatable bonds is 5. The van der Waals surface area contributed by atoms with Crippen molar-refractivity contribution in [3.8, 4) is 0 Å². The standard InChI is InChI=1S/C19H23N5O2S2/c1-19(2,3)16-10-15-17(20-12-21-18(15)27-16)23-22-11-13-6-8-14(9-7-13)28(25,26)24(4)5/h6-12H,1-5H3,(H,20,21,23)/b22-11+. The molecule has 148 valence electrons. The number of nitrogens with zero attached hydrogens (tertiary/aromatic N) is 4. The second-order valence-electron chi connectivity index (χ2n) is 7.53. The predicted molar refractivity (Wildman–Crippen MR) is 115 cm³/mol. The van der Waals surface area contributed by atoms with Gasteiger partial charge < -0.3 is 0 Å². The largest absolute Gasteiger partial charge is 0.261 e. The second kappa shape index (κ2) is 7.57. The topological polar surface area (TPSA) is 87.5 Å². The average Bonchev–Trinajstić information content (AvgIpc) is 3.07. The smallest absolute Gasteiger partial charge is 0.242 e. The third-order valence-corrected chi connectivity index (χ3v) is 7.41. The summed E-state index contributed by atoms with van der Waals surface area (Å²) in [5, 5.41) is 5.17. The van der Waals surface area contributed by atoms with Gasteiger partial charge >= 0.3 is 0 Å². The molecule has 0 saturated heterocycles. The number of benzene rings is 1. The van der Waals surface area contributed by atoms with Crippen molar-refractivity contribution in [1.29, 1.82) is 0 Å². The van der Waals surface area contributed by atoms with Crippen molar-refractivity contribution in [3.05, 3.63) is 47.1 Å². The molecule has 2 heterocycles. The number of hydrazone groups is 1. The minimum atomic E-state index is -3.43. The molecular formula is C19H23N5O2S2. The Morgan fingerprint density at radius 1 is 1.14 bits per heavy atom. The molecule has 0 radical (unpaired) electrons. The summed E-state index contributed by atoms with van der Waals surface area (Å²) in [6.07, 6.45) is 3.14. The molecule has 1 N–H and O–H groups in total. The van der Waals surface area contributed by atoms with Crippen LogP contribution in [0.4, 0.5) is 5.82 Å². The zero-order chi connectivity index (χ0) is 20.5. The number of anilines is 1. The number of nitrogens with one attached hydrogen (secondary N) is 1. The number of thiophene rings is 1. The van der Waals surface area contributed by atoms with Gasteiger partial charge in [-0.15, -0.1) is 11.3 Å². The molecule has 0 aliphatic carbocycles. The first-order valence-corrected chi connectivity index (χ1v) is 10.9. The zero-order valence-corrected chi connectivity index (χ0v) is 18.1. The molecule has 0 aliphatic heterocycles. The van der Waals surface area contributed by atoms with Crippen molar-refractivity contribution in [3.63, 3.8) is 0 Å². The maximum Gasteiger partial charge on any atom is 0.242 e. The van der Waals surface area contributed by atoms with E-state index in [4.69, 9.17) is 0 Å². The minimum Gasteiger partial charge on any atom is -0.261 e. The molecule has 0 unspecified atom stereocenters. The van der Waals surface area contributed by atoms with Crippen LogP contribution >= 0.6 is 11.3 Å². The first-order valence-electron chi connectivity index (χ1n) is 8.66. The van der Waals surface area contributed by atoms with Gasteiger partial charge in [-0.2, -0.15) is 5.10 Å². The molecule has 0 spiro atoms. The van der Waals surface area contributed by atoms with Crippen LogP contribution in [0.2, 0.25) is 0 Å². The maximum atomic E-state index is 12.1. The van der Waals surface area contributed by atoms with Crippen molar-refractivity contribution in [2.24, 2.45) is 5.10 Å². The van der Waals surface area contributed by atoms with Crippen molar-refractivity contribution >= 4 is 43.6 Å². The molecule has 0 bridgehead atoms. The highest BCUT2D eigenvalue weighted by Gasteiger charge is 2.19. The van der Waals surface area contributed by atoms with Gasteiger partial charge in [-0.1, -0.05) is 32.9 Å². The molecule has 0 aliphatic rings. The van der Waals surface area contributed by atoms with E-state index in [1.165, 1.54) is 29.6 Å². The maximum absolute atomic E-state index is 12.1. The molecule has 0 amide bonds. The summed E-state index contributed by atoms with van der Waals surface area (Å²) >= 11 is 1.65. The highest BCUT2D eigenvalue weighted by molar-refractivity contribution is 7.89. The Hall–Kier alpha value is -2.36. The number of hydrogen-bond acceptors (Lipinski definition) is 7. The van der Waals surface area contributed by atoms with Gasteiger partial charge in [0.15, 0.2) is 5.82 Å². The van der Waals surface area contributed by atoms with Crippen molar-refractivity contribution in [2.45, 2.75) is 31.1 Å². The van der Waals surface area contributed by atoms with Gasteiger partial charge in [-0.3, -0.25) is 5.43 Å². The summed E-state index contributed by atoms with van der Waals surface area (Å²) in [6, 6.07) is 8.64. The van der Waals surface area contributed by atoms with E-state index in [-0.39, 0.29) is 10.3 Å². The molecule has 7 nitrogen and oxygen atoms in total. The van der Waals surface area contributed by atoms with Crippen LogP contribution in [0.1, 0.15) is 31.2 Å². The lowest BCUT2D eigenvalue weighted by Crippen LogP contribution is -2.22. The van der Waals surface area contributed by atoms with E-state index in [1.807, 2.05) is 0 Å². The quantitative estimate of drug-likeness (QED) is 0.505. The van der Waals surface area contributed by atoms with E-state index in [0.717, 1.165) is 15.8 Å². The van der Waals surface area contributed by atoms with Crippen LogP contribution in [0.15, 0.2) is 46.7 Å². The van der Waals surface area contributed by atoms with Crippen LogP contribution < -0.4 is 5.43 Å². The van der Waals surface area contributed by atoms with Gasteiger partial charge in [0.05, 0.1) is 16.5 Å². The molecule has 28 heavy (non-hydrogen) atoms. The molecule has 0 fully saturated rings. The molecule has 0 atom stereocenters. The van der Waals surface area contributed by atoms with E-state index in [9.17, 15) is 8.42 Å². The normalized spacial score (nSPS) is 12.9. The van der Waals surface area contributed by atoms with Crippen LogP contribution in [0.5, 0.6) is 0 Å². The number of fused-ring (bicyclic) bond motifs is 1. The number of sulfonamides is 1. The molecule has 3 rings (SSSR count). The summed E-state index contributed by atoms with van der Waals surface area (Å²) in [5.41, 5.74) is 3.78. The van der Waals surface area contributed by atoms with Crippen LogP contribution in [0.3, 0.4) is 0 Å². The van der Waals surface area contributed by atoms with Crippen molar-refractivity contribution in [2.75, 3.05) is 19.5 Å². The first-order chi connectivity index (χ1) is 13.1. The van der Waals surface area contributed by atoms with Crippen molar-refractivity contribution < 1.29 is 8.42 Å². The third-order valence-electron chi connectivity index (χ3n) is 4.11.